The van der Waals surface area contributed by atoms with Crippen LogP contribution in [0.4, 0.5) is 11.4 Å². The van der Waals surface area contributed by atoms with Crippen molar-refractivity contribution in [2.75, 3.05) is 11.4 Å². The summed E-state index contributed by atoms with van der Waals surface area (Å²) in [7, 11) is 0. The van der Waals surface area contributed by atoms with Crippen molar-refractivity contribution < 1.29 is 14.8 Å². The molecule has 0 aromatic carbocycles. The molecule has 0 spiro atoms. The van der Waals surface area contributed by atoms with Crippen LogP contribution in [0.1, 0.15) is 25.7 Å². The number of nitro groups is 1. The van der Waals surface area contributed by atoms with Crippen molar-refractivity contribution in [2.24, 2.45) is 0 Å². The maximum Gasteiger partial charge on any atom is 0.326 e. The van der Waals surface area contributed by atoms with Crippen LogP contribution in [0.2, 0.25) is 0 Å². The van der Waals surface area contributed by atoms with Crippen molar-refractivity contribution in [2.45, 2.75) is 31.7 Å². The lowest BCUT2D eigenvalue weighted by Crippen LogP contribution is -2.41. The van der Waals surface area contributed by atoms with Gasteiger partial charge in [0.15, 0.2) is 0 Å². The lowest BCUT2D eigenvalue weighted by molar-refractivity contribution is -0.384. The first kappa shape index (κ1) is 14.7. The van der Waals surface area contributed by atoms with Gasteiger partial charge in [-0.3, -0.25) is 15.1 Å². The Kier molecular flexibility index (Phi) is 4.53. The van der Waals surface area contributed by atoms with Gasteiger partial charge in [0.25, 0.3) is 0 Å². The molecule has 1 N–H and O–H groups in total. The molecule has 1 atom stereocenters. The molecule has 1 saturated heterocycles. The maximum absolute atomic E-state index is 11.4. The molecule has 0 bridgehead atoms. The summed E-state index contributed by atoms with van der Waals surface area (Å²) >= 11 is 3.25. The molecule has 1 aromatic rings. The molecule has 2 heterocycles. The Morgan fingerprint density at radius 1 is 1.45 bits per heavy atom. The molecule has 1 unspecified atom stereocenters. The Hall–Kier alpha value is -1.70. The lowest BCUT2D eigenvalue weighted by Gasteiger charge is -2.29. The first-order chi connectivity index (χ1) is 9.52. The second kappa shape index (κ2) is 6.17. The number of hydrogen-bond acceptors (Lipinski definition) is 5. The molecule has 0 radical (unpaired) electrons. The van der Waals surface area contributed by atoms with Gasteiger partial charge in [0, 0.05) is 12.7 Å². The molecule has 1 aromatic heterocycles. The first-order valence-electron chi connectivity index (χ1n) is 6.29. The van der Waals surface area contributed by atoms with Crippen LogP contribution in [0.25, 0.3) is 0 Å². The number of carbonyl (C=O) groups is 1. The van der Waals surface area contributed by atoms with Gasteiger partial charge in [0.1, 0.15) is 17.9 Å². The average Bonchev–Trinajstić information content (AvgIpc) is 2.63. The molecular formula is C12H14BrN3O4. The fourth-order valence-electron chi connectivity index (χ4n) is 2.47. The van der Waals surface area contributed by atoms with E-state index in [0.717, 1.165) is 25.5 Å². The maximum atomic E-state index is 11.4. The Bertz CT molecular complexity index is 537. The quantitative estimate of drug-likeness (QED) is 0.669. The van der Waals surface area contributed by atoms with Gasteiger partial charge in [-0.1, -0.05) is 12.8 Å². The molecule has 1 aliphatic rings. The SMILES string of the molecule is O=C(O)C1CCCCCN1c1c(Br)cncc1[N+](=O)[O-]. The summed E-state index contributed by atoms with van der Waals surface area (Å²) in [4.78, 5) is 27.5. The van der Waals surface area contributed by atoms with Gasteiger partial charge in [-0.2, -0.15) is 0 Å². The molecule has 0 amide bonds. The topological polar surface area (TPSA) is 96.6 Å². The fraction of sp³-hybridized carbons (Fsp3) is 0.500. The van der Waals surface area contributed by atoms with E-state index in [1.807, 2.05) is 0 Å². The molecule has 1 aliphatic heterocycles. The van der Waals surface area contributed by atoms with E-state index < -0.39 is 16.9 Å². The number of carboxylic acids is 1. The van der Waals surface area contributed by atoms with E-state index in [1.165, 1.54) is 6.20 Å². The molecule has 1 fully saturated rings. The third-order valence-electron chi connectivity index (χ3n) is 3.38. The summed E-state index contributed by atoms with van der Waals surface area (Å²) in [5, 5.41) is 20.5. The molecular weight excluding hydrogens is 330 g/mol. The normalized spacial score (nSPS) is 19.4. The van der Waals surface area contributed by atoms with E-state index in [2.05, 4.69) is 20.9 Å². The number of halogens is 1. The van der Waals surface area contributed by atoms with Crippen LogP contribution in [0, 0.1) is 10.1 Å². The first-order valence-corrected chi connectivity index (χ1v) is 7.09. The van der Waals surface area contributed by atoms with Gasteiger partial charge < -0.3 is 10.0 Å². The molecule has 108 valence electrons. The van der Waals surface area contributed by atoms with Crippen molar-refractivity contribution in [1.29, 1.82) is 0 Å². The smallest absolute Gasteiger partial charge is 0.326 e. The highest BCUT2D eigenvalue weighted by Gasteiger charge is 2.33. The number of anilines is 1. The van der Waals surface area contributed by atoms with Crippen LogP contribution >= 0.6 is 15.9 Å². The zero-order valence-corrected chi connectivity index (χ0v) is 12.2. The largest absolute Gasteiger partial charge is 0.480 e. The standard InChI is InChI=1S/C12H14BrN3O4/c13-8-6-14-7-10(16(19)20)11(8)15-5-3-1-2-4-9(15)12(17)18/h6-7,9H,1-5H2,(H,17,18). The lowest BCUT2D eigenvalue weighted by atomic mass is 10.1. The van der Waals surface area contributed by atoms with Gasteiger partial charge in [-0.05, 0) is 28.8 Å². The van der Waals surface area contributed by atoms with Crippen molar-refractivity contribution in [1.82, 2.24) is 4.98 Å². The number of carboxylic acid groups (broad SMARTS) is 1. The summed E-state index contributed by atoms with van der Waals surface area (Å²) in [6.07, 6.45) is 5.65. The summed E-state index contributed by atoms with van der Waals surface area (Å²) in [6.45, 7) is 0.487. The third-order valence-corrected chi connectivity index (χ3v) is 3.96. The summed E-state index contributed by atoms with van der Waals surface area (Å²) in [6, 6.07) is -0.741. The van der Waals surface area contributed by atoms with Crippen LogP contribution in [0.5, 0.6) is 0 Å². The second-order valence-electron chi connectivity index (χ2n) is 4.64. The Balaban J connectivity index is 2.51. The predicted octanol–water partition coefficient (Wildman–Crippen LogP) is 2.59. The van der Waals surface area contributed by atoms with Crippen molar-refractivity contribution in [3.8, 4) is 0 Å². The molecule has 7 nitrogen and oxygen atoms in total. The molecule has 0 aliphatic carbocycles. The van der Waals surface area contributed by atoms with Gasteiger partial charge in [-0.25, -0.2) is 4.79 Å². The fourth-order valence-corrected chi connectivity index (χ4v) is 3.02. The number of nitrogens with zero attached hydrogens (tertiary/aromatic N) is 3. The van der Waals surface area contributed by atoms with E-state index in [-0.39, 0.29) is 5.69 Å². The van der Waals surface area contributed by atoms with Crippen LogP contribution in [0.15, 0.2) is 16.9 Å². The van der Waals surface area contributed by atoms with Gasteiger partial charge in [-0.15, -0.1) is 0 Å². The van der Waals surface area contributed by atoms with Crippen molar-refractivity contribution >= 4 is 33.3 Å². The minimum atomic E-state index is -0.954. The third kappa shape index (κ3) is 2.90. The highest BCUT2D eigenvalue weighted by molar-refractivity contribution is 9.10. The zero-order valence-electron chi connectivity index (χ0n) is 10.7. The van der Waals surface area contributed by atoms with E-state index in [1.54, 1.807) is 4.90 Å². The van der Waals surface area contributed by atoms with Crippen molar-refractivity contribution in [3.63, 3.8) is 0 Å². The van der Waals surface area contributed by atoms with Gasteiger partial charge >= 0.3 is 11.7 Å². The number of hydrogen-bond donors (Lipinski definition) is 1. The van der Waals surface area contributed by atoms with Crippen LogP contribution in [0.3, 0.4) is 0 Å². The predicted molar refractivity (Wildman–Crippen MR) is 75.8 cm³/mol. The number of aliphatic carboxylic acids is 1. The Morgan fingerprint density at radius 3 is 2.85 bits per heavy atom. The van der Waals surface area contributed by atoms with Crippen LogP contribution in [-0.4, -0.2) is 33.6 Å². The van der Waals surface area contributed by atoms with E-state index >= 15 is 0 Å². The highest BCUT2D eigenvalue weighted by atomic mass is 79.9. The minimum Gasteiger partial charge on any atom is -0.480 e. The monoisotopic (exact) mass is 343 g/mol. The minimum absolute atomic E-state index is 0.174. The number of pyridine rings is 1. The number of rotatable bonds is 3. The summed E-state index contributed by atoms with van der Waals surface area (Å²) < 4.78 is 0.444. The van der Waals surface area contributed by atoms with Gasteiger partial charge in [0.2, 0.25) is 0 Å². The Morgan fingerprint density at radius 2 is 2.20 bits per heavy atom. The second-order valence-corrected chi connectivity index (χ2v) is 5.50. The summed E-state index contributed by atoms with van der Waals surface area (Å²) in [5.41, 5.74) is 0.131. The molecule has 20 heavy (non-hydrogen) atoms. The molecule has 8 heteroatoms. The van der Waals surface area contributed by atoms with E-state index in [0.29, 0.717) is 23.1 Å². The van der Waals surface area contributed by atoms with Crippen LogP contribution < -0.4 is 4.90 Å². The average molecular weight is 344 g/mol. The highest BCUT2D eigenvalue weighted by Crippen LogP contribution is 2.37. The van der Waals surface area contributed by atoms with E-state index in [9.17, 15) is 20.0 Å². The molecule has 2 rings (SSSR count). The zero-order chi connectivity index (χ0) is 14.7. The van der Waals surface area contributed by atoms with Crippen LogP contribution in [-0.2, 0) is 4.79 Å². The summed E-state index contributed by atoms with van der Waals surface area (Å²) in [5.74, 6) is -0.954. The van der Waals surface area contributed by atoms with E-state index in [4.69, 9.17) is 0 Å². The van der Waals surface area contributed by atoms with Crippen molar-refractivity contribution in [3.05, 3.63) is 27.0 Å². The van der Waals surface area contributed by atoms with Gasteiger partial charge in [0.05, 0.1) is 9.40 Å². The Labute approximate surface area is 123 Å². The molecule has 0 saturated carbocycles. The number of aromatic nitrogens is 1.